The Morgan fingerprint density at radius 2 is 1.59 bits per heavy atom. The van der Waals surface area contributed by atoms with E-state index < -0.39 is 0 Å². The van der Waals surface area contributed by atoms with Crippen LogP contribution in [0.2, 0.25) is 0 Å². The van der Waals surface area contributed by atoms with Crippen molar-refractivity contribution in [3.05, 3.63) is 77.9 Å². The lowest BCUT2D eigenvalue weighted by Gasteiger charge is -2.19. The molecule has 0 unspecified atom stereocenters. The summed E-state index contributed by atoms with van der Waals surface area (Å²) in [7, 11) is 3.48. The highest BCUT2D eigenvalue weighted by molar-refractivity contribution is 6.37. The van der Waals surface area contributed by atoms with Crippen LogP contribution >= 0.6 is 0 Å². The van der Waals surface area contributed by atoms with Crippen LogP contribution < -0.4 is 30.3 Å². The first-order chi connectivity index (χ1) is 18.0. The summed E-state index contributed by atoms with van der Waals surface area (Å²) in [6, 6.07) is 20.9. The number of rotatable bonds is 10. The molecule has 1 aliphatic heterocycles. The van der Waals surface area contributed by atoms with Gasteiger partial charge in [-0.25, -0.2) is 0 Å². The van der Waals surface area contributed by atoms with Crippen LogP contribution in [-0.2, 0) is 9.59 Å². The lowest BCUT2D eigenvalue weighted by Crippen LogP contribution is -2.34. The number of hydrogen-bond donors (Lipinski definition) is 3. The van der Waals surface area contributed by atoms with Gasteiger partial charge in [0.15, 0.2) is 11.5 Å². The zero-order valence-corrected chi connectivity index (χ0v) is 21.6. The summed E-state index contributed by atoms with van der Waals surface area (Å²) >= 11 is 0. The molecule has 2 amide bonds. The molecule has 8 heteroatoms. The number of ether oxygens (including phenoxy) is 2. The summed E-state index contributed by atoms with van der Waals surface area (Å²) in [5.74, 6) is 0.923. The molecule has 0 saturated heterocycles. The molecule has 0 aromatic heterocycles. The van der Waals surface area contributed by atoms with Gasteiger partial charge in [0.25, 0.3) is 5.91 Å². The molecule has 3 N–H and O–H groups in total. The quantitative estimate of drug-likeness (QED) is 0.353. The fraction of sp³-hybridized carbons (Fsp3) is 0.241. The van der Waals surface area contributed by atoms with E-state index in [0.717, 1.165) is 22.5 Å². The van der Waals surface area contributed by atoms with Gasteiger partial charge in [-0.05, 0) is 56.8 Å². The molecule has 0 radical (unpaired) electrons. The number of amides is 2. The highest BCUT2D eigenvalue weighted by Crippen LogP contribution is 2.43. The van der Waals surface area contributed by atoms with E-state index in [1.165, 1.54) is 0 Å². The van der Waals surface area contributed by atoms with E-state index in [9.17, 15) is 9.59 Å². The first-order valence-electron chi connectivity index (χ1n) is 12.3. The van der Waals surface area contributed by atoms with Crippen molar-refractivity contribution >= 4 is 40.1 Å². The Morgan fingerprint density at radius 3 is 2.22 bits per heavy atom. The Morgan fingerprint density at radius 1 is 0.946 bits per heavy atom. The van der Waals surface area contributed by atoms with Crippen LogP contribution in [0.5, 0.6) is 11.5 Å². The number of likely N-dealkylation sites (N-methyl/N-ethyl adjacent to an activating group) is 2. The van der Waals surface area contributed by atoms with E-state index >= 15 is 0 Å². The molecule has 3 aromatic rings. The van der Waals surface area contributed by atoms with Crippen molar-refractivity contribution in [2.45, 2.75) is 13.8 Å². The fourth-order valence-corrected chi connectivity index (χ4v) is 4.17. The zero-order valence-electron chi connectivity index (χ0n) is 21.6. The Labute approximate surface area is 217 Å². The van der Waals surface area contributed by atoms with E-state index in [0.29, 0.717) is 41.7 Å². The average Bonchev–Trinajstić information content (AvgIpc) is 3.22. The van der Waals surface area contributed by atoms with Crippen molar-refractivity contribution < 1.29 is 19.1 Å². The minimum Gasteiger partial charge on any atom is -0.490 e. The minimum absolute atomic E-state index is 0.0361. The largest absolute Gasteiger partial charge is 0.490 e. The maximum atomic E-state index is 13.3. The molecular weight excluding hydrogens is 468 g/mol. The number of fused-ring (bicyclic) bond motifs is 1. The Balaban J connectivity index is 1.77. The van der Waals surface area contributed by atoms with E-state index in [2.05, 4.69) is 16.0 Å². The van der Waals surface area contributed by atoms with Gasteiger partial charge in [-0.1, -0.05) is 30.3 Å². The molecule has 4 rings (SSSR count). The number of benzene rings is 3. The third-order valence-corrected chi connectivity index (χ3v) is 5.97. The van der Waals surface area contributed by atoms with Gasteiger partial charge in [0.2, 0.25) is 5.91 Å². The zero-order chi connectivity index (χ0) is 26.4. The van der Waals surface area contributed by atoms with Crippen LogP contribution in [0.4, 0.5) is 17.1 Å². The molecule has 0 aliphatic carbocycles. The number of nitrogens with zero attached hydrogens (tertiary/aromatic N) is 1. The standard InChI is InChI=1S/C29H32N4O4/c1-5-36-24-16-22-23(17-25(24)37-6-2)32-29(35)27(22)28(19-10-8-7-9-11-19)31-20-12-14-21(15-13-20)33(4)26(34)18-30-3/h7-17,30-31H,5-6,18H2,1-4H3,(H,32,35)/b28-27-. The number of anilines is 3. The van der Waals surface area contributed by atoms with E-state index in [1.54, 1.807) is 19.0 Å². The summed E-state index contributed by atoms with van der Waals surface area (Å²) in [5, 5.41) is 9.30. The molecular formula is C29H32N4O4. The molecule has 3 aromatic carbocycles. The second-order valence-electron chi connectivity index (χ2n) is 8.44. The summed E-state index contributed by atoms with van der Waals surface area (Å²) in [5.41, 5.74) is 4.99. The Hall–Kier alpha value is -4.30. The van der Waals surface area contributed by atoms with Gasteiger partial charge in [0.05, 0.1) is 36.7 Å². The molecule has 37 heavy (non-hydrogen) atoms. The Kier molecular flexibility index (Phi) is 8.10. The van der Waals surface area contributed by atoms with Gasteiger partial charge in [0.1, 0.15) is 0 Å². The Bertz CT molecular complexity index is 1300. The van der Waals surface area contributed by atoms with E-state index in [4.69, 9.17) is 9.47 Å². The maximum absolute atomic E-state index is 13.3. The van der Waals surface area contributed by atoms with Gasteiger partial charge in [-0.3, -0.25) is 9.59 Å². The van der Waals surface area contributed by atoms with Gasteiger partial charge >= 0.3 is 0 Å². The van der Waals surface area contributed by atoms with Gasteiger partial charge < -0.3 is 30.3 Å². The SMILES string of the molecule is CCOc1cc2c(cc1OCC)/C(=C(/Nc1ccc(N(C)C(=O)CNC)cc1)c1ccccc1)C(=O)N2. The fourth-order valence-electron chi connectivity index (χ4n) is 4.17. The van der Waals surface area contributed by atoms with E-state index in [-0.39, 0.29) is 18.4 Å². The van der Waals surface area contributed by atoms with Crippen LogP contribution in [0.3, 0.4) is 0 Å². The van der Waals surface area contributed by atoms with Crippen molar-refractivity contribution in [2.24, 2.45) is 0 Å². The van der Waals surface area contributed by atoms with E-state index in [1.807, 2.05) is 80.6 Å². The predicted octanol–water partition coefficient (Wildman–Crippen LogP) is 4.60. The third kappa shape index (κ3) is 5.59. The smallest absolute Gasteiger partial charge is 0.258 e. The topological polar surface area (TPSA) is 91.9 Å². The highest BCUT2D eigenvalue weighted by Gasteiger charge is 2.30. The van der Waals surface area contributed by atoms with Crippen molar-refractivity contribution in [2.75, 3.05) is 49.4 Å². The summed E-state index contributed by atoms with van der Waals surface area (Å²) in [6.07, 6.45) is 0. The van der Waals surface area contributed by atoms with Crippen molar-refractivity contribution in [1.82, 2.24) is 5.32 Å². The van der Waals surface area contributed by atoms with Crippen LogP contribution in [-0.4, -0.2) is 45.7 Å². The molecule has 0 saturated carbocycles. The summed E-state index contributed by atoms with van der Waals surface area (Å²) < 4.78 is 11.6. The highest BCUT2D eigenvalue weighted by atomic mass is 16.5. The number of carbonyl (C=O) groups is 2. The van der Waals surface area contributed by atoms with Crippen LogP contribution in [0.15, 0.2) is 66.7 Å². The third-order valence-electron chi connectivity index (χ3n) is 5.97. The van der Waals surface area contributed by atoms with Crippen LogP contribution in [0.25, 0.3) is 11.3 Å². The van der Waals surface area contributed by atoms with Crippen LogP contribution in [0, 0.1) is 0 Å². The molecule has 1 aliphatic rings. The molecule has 0 atom stereocenters. The molecule has 1 heterocycles. The average molecular weight is 501 g/mol. The molecule has 192 valence electrons. The van der Waals surface area contributed by atoms with Crippen molar-refractivity contribution in [3.8, 4) is 11.5 Å². The van der Waals surface area contributed by atoms with Crippen molar-refractivity contribution in [1.29, 1.82) is 0 Å². The lowest BCUT2D eigenvalue weighted by atomic mass is 9.99. The first-order valence-corrected chi connectivity index (χ1v) is 12.3. The second-order valence-corrected chi connectivity index (χ2v) is 8.44. The van der Waals surface area contributed by atoms with Gasteiger partial charge in [0, 0.05) is 30.1 Å². The number of carbonyl (C=O) groups excluding carboxylic acids is 2. The minimum atomic E-state index is -0.216. The van der Waals surface area contributed by atoms with Gasteiger partial charge in [-0.15, -0.1) is 0 Å². The first kappa shape index (κ1) is 25.8. The lowest BCUT2D eigenvalue weighted by molar-refractivity contribution is -0.117. The van der Waals surface area contributed by atoms with Crippen molar-refractivity contribution in [3.63, 3.8) is 0 Å². The molecule has 0 fully saturated rings. The molecule has 8 nitrogen and oxygen atoms in total. The normalized spacial score (nSPS) is 13.5. The molecule has 0 spiro atoms. The van der Waals surface area contributed by atoms with Crippen LogP contribution in [0.1, 0.15) is 25.0 Å². The molecule has 0 bridgehead atoms. The number of hydrogen-bond acceptors (Lipinski definition) is 6. The predicted molar refractivity (Wildman–Crippen MR) is 148 cm³/mol. The second kappa shape index (κ2) is 11.6. The maximum Gasteiger partial charge on any atom is 0.258 e. The number of nitrogens with one attached hydrogen (secondary N) is 3. The summed E-state index contributed by atoms with van der Waals surface area (Å²) in [6.45, 7) is 5.03. The van der Waals surface area contributed by atoms with Gasteiger partial charge in [-0.2, -0.15) is 0 Å². The monoisotopic (exact) mass is 500 g/mol. The summed E-state index contributed by atoms with van der Waals surface area (Å²) in [4.78, 5) is 27.1.